The van der Waals surface area contributed by atoms with Crippen LogP contribution in [0.25, 0.3) is 0 Å². The first-order valence-electron chi connectivity index (χ1n) is 7.75. The molecule has 1 aromatic heterocycles. The van der Waals surface area contributed by atoms with Crippen LogP contribution in [0.4, 0.5) is 0 Å². The second kappa shape index (κ2) is 7.84. The topological polar surface area (TPSA) is 75.3 Å². The Morgan fingerprint density at radius 1 is 1.12 bits per heavy atom. The molecule has 0 fully saturated rings. The van der Waals surface area contributed by atoms with Gasteiger partial charge in [-0.2, -0.15) is 5.26 Å². The fraction of sp³-hybridized carbons (Fsp3) is 0.100. The van der Waals surface area contributed by atoms with E-state index in [4.69, 9.17) is 9.15 Å². The van der Waals surface area contributed by atoms with Crippen LogP contribution in [-0.2, 0) is 6.61 Å². The summed E-state index contributed by atoms with van der Waals surface area (Å²) in [6.07, 6.45) is 2.75. The standard InChI is InChI=1S/C20H16N2O3/c21-12-19(22-20(23)17-10-11-24-14-17)16-6-8-18(9-7-16)25-13-15-4-2-1-3-5-15/h1-11,14,19H,13H2,(H,22,23)/t19-/m1/s1. The fourth-order valence-corrected chi connectivity index (χ4v) is 2.30. The fourth-order valence-electron chi connectivity index (χ4n) is 2.30. The molecule has 0 radical (unpaired) electrons. The van der Waals surface area contributed by atoms with Gasteiger partial charge in [-0.15, -0.1) is 0 Å². The zero-order chi connectivity index (χ0) is 17.5. The SMILES string of the molecule is N#C[C@@H](NC(=O)c1ccoc1)c1ccc(OCc2ccccc2)cc1. The molecule has 0 saturated heterocycles. The summed E-state index contributed by atoms with van der Waals surface area (Å²) < 4.78 is 10.6. The summed E-state index contributed by atoms with van der Waals surface area (Å²) in [6.45, 7) is 0.471. The van der Waals surface area contributed by atoms with E-state index in [1.807, 2.05) is 30.3 Å². The highest BCUT2D eigenvalue weighted by molar-refractivity contribution is 5.94. The van der Waals surface area contributed by atoms with Gasteiger partial charge in [-0.05, 0) is 29.3 Å². The zero-order valence-electron chi connectivity index (χ0n) is 13.4. The molecule has 1 amide bonds. The Hall–Kier alpha value is -3.52. The van der Waals surface area contributed by atoms with Gasteiger partial charge in [-0.25, -0.2) is 0 Å². The van der Waals surface area contributed by atoms with Crippen molar-refractivity contribution in [1.29, 1.82) is 5.26 Å². The summed E-state index contributed by atoms with van der Waals surface area (Å²) in [5.41, 5.74) is 2.14. The lowest BCUT2D eigenvalue weighted by molar-refractivity contribution is 0.0944. The first-order valence-corrected chi connectivity index (χ1v) is 7.75. The van der Waals surface area contributed by atoms with Crippen molar-refractivity contribution in [1.82, 2.24) is 5.32 Å². The maximum Gasteiger partial charge on any atom is 0.255 e. The maximum atomic E-state index is 12.0. The van der Waals surface area contributed by atoms with Crippen molar-refractivity contribution in [2.45, 2.75) is 12.6 Å². The molecule has 124 valence electrons. The van der Waals surface area contributed by atoms with Crippen LogP contribution >= 0.6 is 0 Å². The number of carbonyl (C=O) groups excluding carboxylic acids is 1. The Balaban J connectivity index is 1.62. The minimum absolute atomic E-state index is 0.357. The van der Waals surface area contributed by atoms with E-state index in [9.17, 15) is 10.1 Å². The quantitative estimate of drug-likeness (QED) is 0.744. The number of amides is 1. The summed E-state index contributed by atoms with van der Waals surface area (Å²) in [5.74, 6) is 0.343. The van der Waals surface area contributed by atoms with Crippen LogP contribution in [0, 0.1) is 11.3 Å². The molecular weight excluding hydrogens is 316 g/mol. The number of nitriles is 1. The largest absolute Gasteiger partial charge is 0.489 e. The second-order valence-electron chi connectivity index (χ2n) is 5.39. The van der Waals surface area contributed by atoms with Crippen LogP contribution in [0.2, 0.25) is 0 Å². The van der Waals surface area contributed by atoms with Gasteiger partial charge in [0.2, 0.25) is 0 Å². The van der Waals surface area contributed by atoms with Gasteiger partial charge in [0, 0.05) is 0 Å². The lowest BCUT2D eigenvalue weighted by Gasteiger charge is -2.12. The summed E-state index contributed by atoms with van der Waals surface area (Å²) in [6, 6.07) is 19.9. The number of nitrogens with one attached hydrogen (secondary N) is 1. The summed E-state index contributed by atoms with van der Waals surface area (Å²) in [4.78, 5) is 12.0. The zero-order valence-corrected chi connectivity index (χ0v) is 13.4. The predicted molar refractivity (Wildman–Crippen MR) is 91.7 cm³/mol. The van der Waals surface area contributed by atoms with Crippen molar-refractivity contribution in [2.75, 3.05) is 0 Å². The number of hydrogen-bond acceptors (Lipinski definition) is 4. The Labute approximate surface area is 145 Å². The molecule has 0 spiro atoms. The van der Waals surface area contributed by atoms with Gasteiger partial charge in [0.15, 0.2) is 0 Å². The molecule has 0 aliphatic rings. The highest BCUT2D eigenvalue weighted by Gasteiger charge is 2.15. The van der Waals surface area contributed by atoms with Gasteiger partial charge in [0.25, 0.3) is 5.91 Å². The van der Waals surface area contributed by atoms with Crippen LogP contribution in [0.1, 0.15) is 27.5 Å². The molecule has 0 saturated carbocycles. The van der Waals surface area contributed by atoms with Gasteiger partial charge < -0.3 is 14.5 Å². The van der Waals surface area contributed by atoms with Crippen molar-refractivity contribution in [3.8, 4) is 11.8 Å². The Morgan fingerprint density at radius 2 is 1.88 bits per heavy atom. The second-order valence-corrected chi connectivity index (χ2v) is 5.39. The molecule has 0 unspecified atom stereocenters. The molecule has 0 bridgehead atoms. The molecule has 5 nitrogen and oxygen atoms in total. The molecule has 3 rings (SSSR count). The van der Waals surface area contributed by atoms with E-state index in [2.05, 4.69) is 11.4 Å². The van der Waals surface area contributed by atoms with Gasteiger partial charge in [0.05, 0.1) is 17.9 Å². The predicted octanol–water partition coefficient (Wildman–Crippen LogP) is 3.85. The Bertz CT molecular complexity index is 850. The van der Waals surface area contributed by atoms with Gasteiger partial charge in [-0.3, -0.25) is 4.79 Å². The molecule has 1 atom stereocenters. The third-order valence-corrected chi connectivity index (χ3v) is 3.65. The summed E-state index contributed by atoms with van der Waals surface area (Å²) >= 11 is 0. The average Bonchev–Trinajstić information content (AvgIpc) is 3.20. The van der Waals surface area contributed by atoms with Crippen molar-refractivity contribution < 1.29 is 13.9 Å². The van der Waals surface area contributed by atoms with E-state index in [-0.39, 0.29) is 5.91 Å². The third kappa shape index (κ3) is 4.27. The van der Waals surface area contributed by atoms with Crippen molar-refractivity contribution in [2.24, 2.45) is 0 Å². The van der Waals surface area contributed by atoms with Gasteiger partial charge in [0.1, 0.15) is 24.7 Å². The van der Waals surface area contributed by atoms with E-state index < -0.39 is 6.04 Å². The first kappa shape index (κ1) is 16.3. The van der Waals surface area contributed by atoms with E-state index in [1.165, 1.54) is 12.5 Å². The summed E-state index contributed by atoms with van der Waals surface area (Å²) in [5, 5.41) is 12.0. The highest BCUT2D eigenvalue weighted by atomic mass is 16.5. The molecule has 1 N–H and O–H groups in total. The normalized spacial score (nSPS) is 11.3. The number of benzene rings is 2. The van der Waals surface area contributed by atoms with Crippen molar-refractivity contribution >= 4 is 5.91 Å². The number of hydrogen-bond donors (Lipinski definition) is 1. The Morgan fingerprint density at radius 3 is 2.52 bits per heavy atom. The van der Waals surface area contributed by atoms with Crippen molar-refractivity contribution in [3.63, 3.8) is 0 Å². The van der Waals surface area contributed by atoms with E-state index >= 15 is 0 Å². The van der Waals surface area contributed by atoms with Crippen LogP contribution in [0.3, 0.4) is 0 Å². The third-order valence-electron chi connectivity index (χ3n) is 3.65. The number of ether oxygens (including phenoxy) is 1. The molecule has 2 aromatic carbocycles. The van der Waals surface area contributed by atoms with Crippen molar-refractivity contribution in [3.05, 3.63) is 89.9 Å². The average molecular weight is 332 g/mol. The van der Waals surface area contributed by atoms with Crippen LogP contribution < -0.4 is 10.1 Å². The molecule has 25 heavy (non-hydrogen) atoms. The van der Waals surface area contributed by atoms with Crippen LogP contribution in [0.5, 0.6) is 5.75 Å². The number of carbonyl (C=O) groups is 1. The van der Waals surface area contributed by atoms with Crippen LogP contribution in [-0.4, -0.2) is 5.91 Å². The lowest BCUT2D eigenvalue weighted by Crippen LogP contribution is -2.27. The van der Waals surface area contributed by atoms with E-state index in [1.54, 1.807) is 30.3 Å². The molecule has 5 heteroatoms. The number of rotatable bonds is 6. The summed E-state index contributed by atoms with van der Waals surface area (Å²) in [7, 11) is 0. The molecule has 0 aliphatic carbocycles. The maximum absolute atomic E-state index is 12.0. The minimum atomic E-state index is -0.745. The molecule has 3 aromatic rings. The molecule has 0 aliphatic heterocycles. The molecule has 1 heterocycles. The van der Waals surface area contributed by atoms with Crippen LogP contribution in [0.15, 0.2) is 77.6 Å². The van der Waals surface area contributed by atoms with Gasteiger partial charge in [-0.1, -0.05) is 42.5 Å². The smallest absolute Gasteiger partial charge is 0.255 e. The van der Waals surface area contributed by atoms with E-state index in [0.717, 1.165) is 5.56 Å². The monoisotopic (exact) mass is 332 g/mol. The van der Waals surface area contributed by atoms with Gasteiger partial charge >= 0.3 is 0 Å². The first-order chi connectivity index (χ1) is 12.3. The molecular formula is C20H16N2O3. The minimum Gasteiger partial charge on any atom is -0.489 e. The lowest BCUT2D eigenvalue weighted by atomic mass is 10.1. The highest BCUT2D eigenvalue weighted by Crippen LogP contribution is 2.19. The Kier molecular flexibility index (Phi) is 5.13. The van der Waals surface area contributed by atoms with E-state index in [0.29, 0.717) is 23.5 Å². The number of furan rings is 1. The number of nitrogens with zero attached hydrogens (tertiary/aromatic N) is 1.